The van der Waals surface area contributed by atoms with Crippen molar-refractivity contribution in [2.45, 2.75) is 19.8 Å². The van der Waals surface area contributed by atoms with Crippen LogP contribution in [0.3, 0.4) is 0 Å². The summed E-state index contributed by atoms with van der Waals surface area (Å²) in [5.41, 5.74) is 1.70. The highest BCUT2D eigenvalue weighted by atomic mass is 79.9. The van der Waals surface area contributed by atoms with Gasteiger partial charge in [-0.3, -0.25) is 19.3 Å². The number of rotatable bonds is 9. The second-order valence-corrected chi connectivity index (χ2v) is 6.63. The van der Waals surface area contributed by atoms with Crippen LogP contribution < -0.4 is 10.6 Å². The Labute approximate surface area is 156 Å². The van der Waals surface area contributed by atoms with E-state index in [9.17, 15) is 14.4 Å². The first-order chi connectivity index (χ1) is 11.8. The van der Waals surface area contributed by atoms with E-state index in [4.69, 9.17) is 0 Å². The van der Waals surface area contributed by atoms with Gasteiger partial charge in [0.25, 0.3) is 0 Å². The Kier molecular flexibility index (Phi) is 9.15. The molecule has 0 spiro atoms. The highest BCUT2D eigenvalue weighted by Gasteiger charge is 2.12. The van der Waals surface area contributed by atoms with Gasteiger partial charge in [-0.25, -0.2) is 0 Å². The van der Waals surface area contributed by atoms with Crippen molar-refractivity contribution in [3.63, 3.8) is 0 Å². The number of aryl methyl sites for hydroxylation is 1. The molecule has 0 bridgehead atoms. The molecule has 0 saturated heterocycles. The number of esters is 1. The van der Waals surface area contributed by atoms with Crippen LogP contribution in [0.15, 0.2) is 22.7 Å². The van der Waals surface area contributed by atoms with Gasteiger partial charge in [-0.05, 0) is 44.2 Å². The number of nitrogens with one attached hydrogen (secondary N) is 2. The molecule has 0 fully saturated rings. The van der Waals surface area contributed by atoms with E-state index in [1.165, 1.54) is 7.11 Å². The Bertz CT molecular complexity index is 622. The topological polar surface area (TPSA) is 87.7 Å². The van der Waals surface area contributed by atoms with Gasteiger partial charge >= 0.3 is 5.97 Å². The summed E-state index contributed by atoms with van der Waals surface area (Å²) in [4.78, 5) is 36.4. The van der Waals surface area contributed by atoms with Crippen molar-refractivity contribution in [1.82, 2.24) is 10.2 Å². The molecule has 0 saturated carbocycles. The molecule has 0 aliphatic carbocycles. The van der Waals surface area contributed by atoms with Crippen molar-refractivity contribution in [1.29, 1.82) is 0 Å². The average molecular weight is 414 g/mol. The first-order valence-corrected chi connectivity index (χ1v) is 8.69. The van der Waals surface area contributed by atoms with Gasteiger partial charge in [0.05, 0.1) is 20.2 Å². The van der Waals surface area contributed by atoms with Gasteiger partial charge in [0, 0.05) is 23.1 Å². The van der Waals surface area contributed by atoms with Gasteiger partial charge < -0.3 is 15.4 Å². The molecule has 2 N–H and O–H groups in total. The number of halogens is 1. The van der Waals surface area contributed by atoms with Crippen LogP contribution in [0.5, 0.6) is 0 Å². The molecule has 1 aromatic carbocycles. The first kappa shape index (κ1) is 21.1. The van der Waals surface area contributed by atoms with Gasteiger partial charge in [0.2, 0.25) is 11.8 Å². The summed E-state index contributed by atoms with van der Waals surface area (Å²) in [6.45, 7) is 2.51. The second kappa shape index (κ2) is 10.8. The molecule has 138 valence electrons. The summed E-state index contributed by atoms with van der Waals surface area (Å²) in [6.07, 6.45) is 0.785. The lowest BCUT2D eigenvalue weighted by atomic mass is 10.2. The third-order valence-corrected chi connectivity index (χ3v) is 3.89. The molecule has 25 heavy (non-hydrogen) atoms. The lowest BCUT2D eigenvalue weighted by Crippen LogP contribution is -2.39. The van der Waals surface area contributed by atoms with E-state index < -0.39 is 0 Å². The quantitative estimate of drug-likeness (QED) is 0.475. The summed E-state index contributed by atoms with van der Waals surface area (Å²) in [5, 5.41) is 5.53. The molecular formula is C17H24BrN3O4. The molecule has 0 aliphatic rings. The number of hydrogen-bond acceptors (Lipinski definition) is 5. The Morgan fingerprint density at radius 1 is 1.20 bits per heavy atom. The van der Waals surface area contributed by atoms with Gasteiger partial charge in [0.15, 0.2) is 0 Å². The molecule has 0 atom stereocenters. The molecule has 8 heteroatoms. The highest BCUT2D eigenvalue weighted by molar-refractivity contribution is 9.10. The number of methoxy groups -OCH3 is 1. The third kappa shape index (κ3) is 8.64. The number of amides is 2. The minimum absolute atomic E-state index is 0.102. The number of hydrogen-bond donors (Lipinski definition) is 2. The van der Waals surface area contributed by atoms with E-state index in [-0.39, 0.29) is 37.3 Å². The molecule has 0 aromatic heterocycles. The van der Waals surface area contributed by atoms with E-state index in [1.54, 1.807) is 11.9 Å². The maximum absolute atomic E-state index is 12.1. The zero-order chi connectivity index (χ0) is 18.8. The number of nitrogens with zero attached hydrogens (tertiary/aromatic N) is 1. The Morgan fingerprint density at radius 3 is 2.52 bits per heavy atom. The lowest BCUT2D eigenvalue weighted by Gasteiger charge is -2.16. The normalized spacial score (nSPS) is 10.4. The summed E-state index contributed by atoms with van der Waals surface area (Å²) in [7, 11) is 3.03. The van der Waals surface area contributed by atoms with E-state index >= 15 is 0 Å². The van der Waals surface area contributed by atoms with Crippen LogP contribution in [0.2, 0.25) is 0 Å². The van der Waals surface area contributed by atoms with Crippen LogP contribution in [0.4, 0.5) is 5.69 Å². The molecule has 7 nitrogen and oxygen atoms in total. The molecule has 0 heterocycles. The fourth-order valence-corrected chi connectivity index (χ4v) is 2.60. The van der Waals surface area contributed by atoms with E-state index in [1.807, 2.05) is 25.1 Å². The van der Waals surface area contributed by atoms with Crippen LogP contribution >= 0.6 is 15.9 Å². The smallest absolute Gasteiger partial charge is 0.305 e. The van der Waals surface area contributed by atoms with Crippen LogP contribution in [0.1, 0.15) is 18.4 Å². The lowest BCUT2D eigenvalue weighted by molar-refractivity contribution is -0.140. The summed E-state index contributed by atoms with van der Waals surface area (Å²) >= 11 is 3.38. The Hall–Kier alpha value is -1.93. The number of likely N-dealkylation sites (N-methyl/N-ethyl adjacent to an activating group) is 1. The fraction of sp³-hybridized carbons (Fsp3) is 0.471. The van der Waals surface area contributed by atoms with Gasteiger partial charge in [0.1, 0.15) is 0 Å². The molecule has 0 unspecified atom stereocenters. The number of carbonyl (C=O) groups excluding carboxylic acids is 3. The van der Waals surface area contributed by atoms with Crippen molar-refractivity contribution in [3.8, 4) is 0 Å². The SMILES string of the molecule is COC(=O)CCCNC(=O)CN(C)CC(=O)Nc1ccc(Br)cc1C. The number of ether oxygens (including phenoxy) is 1. The van der Waals surface area contributed by atoms with Crippen LogP contribution in [0, 0.1) is 6.92 Å². The summed E-state index contributed by atoms with van der Waals surface area (Å²) < 4.78 is 5.47. The van der Waals surface area contributed by atoms with E-state index in [0.717, 1.165) is 15.7 Å². The number of anilines is 1. The van der Waals surface area contributed by atoms with Crippen molar-refractivity contribution >= 4 is 39.4 Å². The Balaban J connectivity index is 2.30. The number of carbonyl (C=O) groups is 3. The standard InChI is InChI=1S/C17H24BrN3O4/c1-12-9-13(18)6-7-14(12)20-16(23)11-21(2)10-15(22)19-8-4-5-17(24)25-3/h6-7,9H,4-5,8,10-11H2,1-3H3,(H,19,22)(H,20,23). The van der Waals surface area contributed by atoms with Crippen molar-refractivity contribution in [2.75, 3.05) is 39.1 Å². The highest BCUT2D eigenvalue weighted by Crippen LogP contribution is 2.19. The van der Waals surface area contributed by atoms with Gasteiger partial charge in [-0.2, -0.15) is 0 Å². The van der Waals surface area contributed by atoms with Crippen LogP contribution in [0.25, 0.3) is 0 Å². The maximum atomic E-state index is 12.1. The summed E-state index contributed by atoms with van der Waals surface area (Å²) in [6, 6.07) is 5.60. The van der Waals surface area contributed by atoms with E-state index in [0.29, 0.717) is 13.0 Å². The van der Waals surface area contributed by atoms with Gasteiger partial charge in [-0.15, -0.1) is 0 Å². The minimum Gasteiger partial charge on any atom is -0.469 e. The molecule has 0 radical (unpaired) electrons. The zero-order valence-corrected chi connectivity index (χ0v) is 16.3. The maximum Gasteiger partial charge on any atom is 0.305 e. The van der Waals surface area contributed by atoms with E-state index in [2.05, 4.69) is 31.3 Å². The molecule has 1 aromatic rings. The zero-order valence-electron chi connectivity index (χ0n) is 14.7. The second-order valence-electron chi connectivity index (χ2n) is 5.71. The average Bonchev–Trinajstić information content (AvgIpc) is 2.53. The largest absolute Gasteiger partial charge is 0.469 e. The Morgan fingerprint density at radius 2 is 1.88 bits per heavy atom. The minimum atomic E-state index is -0.300. The summed E-state index contributed by atoms with van der Waals surface area (Å²) in [5.74, 6) is -0.683. The predicted octanol–water partition coefficient (Wildman–Crippen LogP) is 1.70. The third-order valence-electron chi connectivity index (χ3n) is 3.40. The monoisotopic (exact) mass is 413 g/mol. The molecule has 0 aliphatic heterocycles. The van der Waals surface area contributed by atoms with Crippen LogP contribution in [-0.2, 0) is 19.1 Å². The first-order valence-electron chi connectivity index (χ1n) is 7.90. The molecule has 2 amide bonds. The number of benzene rings is 1. The van der Waals surface area contributed by atoms with Crippen molar-refractivity contribution < 1.29 is 19.1 Å². The fourth-order valence-electron chi connectivity index (χ4n) is 2.12. The predicted molar refractivity (Wildman–Crippen MR) is 99.3 cm³/mol. The molecule has 1 rings (SSSR count). The van der Waals surface area contributed by atoms with Crippen molar-refractivity contribution in [2.24, 2.45) is 0 Å². The van der Waals surface area contributed by atoms with Crippen molar-refractivity contribution in [3.05, 3.63) is 28.2 Å². The van der Waals surface area contributed by atoms with Gasteiger partial charge in [-0.1, -0.05) is 15.9 Å². The molecular weight excluding hydrogens is 390 g/mol. The van der Waals surface area contributed by atoms with Crippen LogP contribution in [-0.4, -0.2) is 56.5 Å².